The van der Waals surface area contributed by atoms with Crippen molar-refractivity contribution < 1.29 is 26.4 Å². The molecule has 0 atom stereocenters. The smallest absolute Gasteiger partial charge is 0.288 e. The van der Waals surface area contributed by atoms with E-state index < -0.39 is 27.5 Å². The summed E-state index contributed by atoms with van der Waals surface area (Å²) in [6, 6.07) is 11.3. The normalized spacial score (nSPS) is 16.1. The van der Waals surface area contributed by atoms with Crippen LogP contribution in [0.4, 0.5) is 18.9 Å². The fraction of sp³-hybridized carbons (Fsp3) is 0.316. The molecule has 0 spiro atoms. The first kappa shape index (κ1) is 21.7. The average Bonchev–Trinajstić information content (AvgIpc) is 2.69. The van der Waals surface area contributed by atoms with E-state index in [1.807, 2.05) is 0 Å². The molecule has 0 unspecified atom stereocenters. The van der Waals surface area contributed by atoms with Crippen LogP contribution in [-0.2, 0) is 14.8 Å². The van der Waals surface area contributed by atoms with Gasteiger partial charge in [0.1, 0.15) is 10.7 Å². The maximum absolute atomic E-state index is 13.9. The summed E-state index contributed by atoms with van der Waals surface area (Å²) in [5.74, 6) is -3.97. The lowest BCUT2D eigenvalue weighted by Crippen LogP contribution is -2.41. The van der Waals surface area contributed by atoms with E-state index in [1.165, 1.54) is 34.6 Å². The van der Waals surface area contributed by atoms with Crippen molar-refractivity contribution in [3.63, 3.8) is 0 Å². The number of anilines is 1. The summed E-state index contributed by atoms with van der Waals surface area (Å²) in [7, 11) is -3.95. The van der Waals surface area contributed by atoms with E-state index in [9.17, 15) is 26.4 Å². The standard InChI is InChI=1S/C19H19F3N2O3S2/c20-16-3-1-2-4-17(16)29(26,27)24-11-9-13(10-12-24)18(25)23-14-5-7-15(8-6-14)28-19(21)22/h1-8,13,19H,9-12H2,(H,23,25). The van der Waals surface area contributed by atoms with Gasteiger partial charge in [0.05, 0.1) is 0 Å². The quantitative estimate of drug-likeness (QED) is 0.679. The topological polar surface area (TPSA) is 66.5 Å². The molecule has 5 nitrogen and oxygen atoms in total. The van der Waals surface area contributed by atoms with Gasteiger partial charge in [0.15, 0.2) is 0 Å². The number of nitrogens with one attached hydrogen (secondary N) is 1. The third-order valence-electron chi connectivity index (χ3n) is 4.63. The summed E-state index contributed by atoms with van der Waals surface area (Å²) in [4.78, 5) is 12.5. The van der Waals surface area contributed by atoms with Gasteiger partial charge in [-0.2, -0.15) is 13.1 Å². The molecule has 3 rings (SSSR count). The SMILES string of the molecule is O=C(Nc1ccc(SC(F)F)cc1)C1CCN(S(=O)(=O)c2ccccc2F)CC1. The molecule has 1 N–H and O–H groups in total. The third kappa shape index (κ3) is 5.31. The molecule has 0 radical (unpaired) electrons. The van der Waals surface area contributed by atoms with Crippen molar-refractivity contribution in [2.24, 2.45) is 5.92 Å². The fourth-order valence-corrected chi connectivity index (χ4v) is 5.15. The van der Waals surface area contributed by atoms with Gasteiger partial charge in [-0.05, 0) is 49.2 Å². The summed E-state index contributed by atoms with van der Waals surface area (Å²) < 4.78 is 65.0. The van der Waals surface area contributed by atoms with Crippen LogP contribution in [0.3, 0.4) is 0 Å². The lowest BCUT2D eigenvalue weighted by atomic mass is 9.97. The summed E-state index contributed by atoms with van der Waals surface area (Å²) in [6.07, 6.45) is 0.609. The Hall–Kier alpha value is -2.04. The highest BCUT2D eigenvalue weighted by atomic mass is 32.2. The maximum atomic E-state index is 13.9. The largest absolute Gasteiger partial charge is 0.326 e. The Morgan fingerprint density at radius 3 is 2.28 bits per heavy atom. The van der Waals surface area contributed by atoms with Crippen molar-refractivity contribution in [1.82, 2.24) is 4.31 Å². The van der Waals surface area contributed by atoms with Crippen LogP contribution in [-0.4, -0.2) is 37.5 Å². The molecule has 29 heavy (non-hydrogen) atoms. The van der Waals surface area contributed by atoms with E-state index in [0.717, 1.165) is 6.07 Å². The number of hydrogen-bond acceptors (Lipinski definition) is 4. The number of rotatable bonds is 6. The second-order valence-corrected chi connectivity index (χ2v) is 9.47. The molecule has 0 aliphatic carbocycles. The minimum absolute atomic E-state index is 0.110. The van der Waals surface area contributed by atoms with Crippen LogP contribution in [0.2, 0.25) is 0 Å². The molecule has 1 fully saturated rings. The molecule has 156 valence electrons. The van der Waals surface area contributed by atoms with E-state index >= 15 is 0 Å². The van der Waals surface area contributed by atoms with Gasteiger partial charge in [0.25, 0.3) is 5.76 Å². The Labute approximate surface area is 171 Å². The van der Waals surface area contributed by atoms with Gasteiger partial charge in [0, 0.05) is 29.6 Å². The molecule has 1 saturated heterocycles. The highest BCUT2D eigenvalue weighted by Crippen LogP contribution is 2.28. The van der Waals surface area contributed by atoms with E-state index in [0.29, 0.717) is 35.2 Å². The van der Waals surface area contributed by atoms with Crippen LogP contribution in [0.1, 0.15) is 12.8 Å². The van der Waals surface area contributed by atoms with Crippen molar-refractivity contribution in [2.45, 2.75) is 28.4 Å². The van der Waals surface area contributed by atoms with E-state index in [4.69, 9.17) is 0 Å². The fourth-order valence-electron chi connectivity index (χ4n) is 3.12. The predicted octanol–water partition coefficient (Wildman–Crippen LogP) is 4.18. The number of hydrogen-bond donors (Lipinski definition) is 1. The van der Waals surface area contributed by atoms with Gasteiger partial charge in [-0.15, -0.1) is 0 Å². The highest BCUT2D eigenvalue weighted by Gasteiger charge is 2.33. The van der Waals surface area contributed by atoms with Crippen molar-refractivity contribution in [3.8, 4) is 0 Å². The molecular weight excluding hydrogens is 425 g/mol. The van der Waals surface area contributed by atoms with Crippen molar-refractivity contribution in [2.75, 3.05) is 18.4 Å². The van der Waals surface area contributed by atoms with Gasteiger partial charge in [0.2, 0.25) is 15.9 Å². The summed E-state index contributed by atoms with van der Waals surface area (Å²) in [6.45, 7) is 0.220. The van der Waals surface area contributed by atoms with E-state index in [2.05, 4.69) is 5.32 Å². The summed E-state index contributed by atoms with van der Waals surface area (Å²) in [5.41, 5.74) is 0.482. The molecule has 1 aliphatic heterocycles. The predicted molar refractivity (Wildman–Crippen MR) is 105 cm³/mol. The molecule has 1 aliphatic rings. The highest BCUT2D eigenvalue weighted by molar-refractivity contribution is 7.99. The van der Waals surface area contributed by atoms with Crippen LogP contribution < -0.4 is 5.32 Å². The molecule has 0 bridgehead atoms. The van der Waals surface area contributed by atoms with Crippen LogP contribution in [0, 0.1) is 11.7 Å². The minimum atomic E-state index is -3.95. The number of nitrogens with zero attached hydrogens (tertiary/aromatic N) is 1. The zero-order valence-electron chi connectivity index (χ0n) is 15.2. The lowest BCUT2D eigenvalue weighted by molar-refractivity contribution is -0.120. The first-order chi connectivity index (χ1) is 13.8. The Bertz CT molecular complexity index is 961. The number of thioether (sulfide) groups is 1. The van der Waals surface area contributed by atoms with Crippen molar-refractivity contribution in [1.29, 1.82) is 0 Å². The molecule has 2 aromatic rings. The summed E-state index contributed by atoms with van der Waals surface area (Å²) >= 11 is 0.421. The Balaban J connectivity index is 1.57. The van der Waals surface area contributed by atoms with Gasteiger partial charge >= 0.3 is 0 Å². The number of alkyl halides is 2. The van der Waals surface area contributed by atoms with Crippen LogP contribution in [0.25, 0.3) is 0 Å². The lowest BCUT2D eigenvalue weighted by Gasteiger charge is -2.30. The first-order valence-electron chi connectivity index (χ1n) is 8.88. The number of piperidine rings is 1. The van der Waals surface area contributed by atoms with E-state index in [1.54, 1.807) is 12.1 Å². The number of carbonyl (C=O) groups is 1. The molecule has 1 amide bonds. The summed E-state index contributed by atoms with van der Waals surface area (Å²) in [5, 5.41) is 2.72. The van der Waals surface area contributed by atoms with Crippen molar-refractivity contribution in [3.05, 3.63) is 54.3 Å². The number of sulfonamides is 1. The Morgan fingerprint density at radius 2 is 1.69 bits per heavy atom. The second-order valence-electron chi connectivity index (χ2n) is 6.50. The third-order valence-corrected chi connectivity index (χ3v) is 7.28. The monoisotopic (exact) mass is 444 g/mol. The van der Waals surface area contributed by atoms with Crippen LogP contribution in [0.15, 0.2) is 58.3 Å². The van der Waals surface area contributed by atoms with Gasteiger partial charge in [-0.3, -0.25) is 4.79 Å². The zero-order valence-corrected chi connectivity index (χ0v) is 16.9. The van der Waals surface area contributed by atoms with Gasteiger partial charge in [-0.25, -0.2) is 12.8 Å². The molecule has 10 heteroatoms. The number of carbonyl (C=O) groups excluding carboxylic acids is 1. The molecule has 2 aromatic carbocycles. The first-order valence-corrected chi connectivity index (χ1v) is 11.2. The van der Waals surface area contributed by atoms with Gasteiger partial charge in [-0.1, -0.05) is 23.9 Å². The van der Waals surface area contributed by atoms with E-state index in [-0.39, 0.29) is 23.9 Å². The maximum Gasteiger partial charge on any atom is 0.288 e. The molecule has 1 heterocycles. The molecule has 0 aromatic heterocycles. The molecule has 0 saturated carbocycles. The van der Waals surface area contributed by atoms with Crippen molar-refractivity contribution >= 4 is 33.4 Å². The number of amides is 1. The average molecular weight is 445 g/mol. The van der Waals surface area contributed by atoms with Crippen LogP contribution in [0.5, 0.6) is 0 Å². The second kappa shape index (κ2) is 9.19. The molecular formula is C19H19F3N2O3S2. The number of halogens is 3. The van der Waals surface area contributed by atoms with Crippen LogP contribution >= 0.6 is 11.8 Å². The van der Waals surface area contributed by atoms with Gasteiger partial charge < -0.3 is 5.32 Å². The Morgan fingerprint density at radius 1 is 1.07 bits per heavy atom. The minimum Gasteiger partial charge on any atom is -0.326 e. The zero-order chi connectivity index (χ0) is 21.0. The Kier molecular flexibility index (Phi) is 6.86. The number of benzene rings is 2.